The van der Waals surface area contributed by atoms with Gasteiger partial charge < -0.3 is 10.6 Å². The normalized spacial score (nSPS) is 17.0. The van der Waals surface area contributed by atoms with Crippen molar-refractivity contribution in [2.24, 2.45) is 0 Å². The molecule has 2 rings (SSSR count). The fourth-order valence-electron chi connectivity index (χ4n) is 2.47. The molecule has 4 heteroatoms. The molecule has 0 radical (unpaired) electrons. The van der Waals surface area contributed by atoms with Crippen LogP contribution in [-0.2, 0) is 10.2 Å². The maximum atomic E-state index is 12.9. The summed E-state index contributed by atoms with van der Waals surface area (Å²) in [6, 6.07) is 6.65. The van der Waals surface area contributed by atoms with Crippen molar-refractivity contribution < 1.29 is 9.18 Å². The number of rotatable bonds is 5. The number of halogens is 1. The van der Waals surface area contributed by atoms with Crippen LogP contribution in [0.15, 0.2) is 24.3 Å². The largest absolute Gasteiger partial charge is 0.354 e. The van der Waals surface area contributed by atoms with E-state index in [1.54, 1.807) is 7.05 Å². The summed E-state index contributed by atoms with van der Waals surface area (Å²) in [5, 5.41) is 5.77. The van der Waals surface area contributed by atoms with Gasteiger partial charge in [0.25, 0.3) is 0 Å². The number of hydrogen-bond donors (Lipinski definition) is 2. The van der Waals surface area contributed by atoms with Crippen LogP contribution in [0.1, 0.15) is 24.8 Å². The van der Waals surface area contributed by atoms with Gasteiger partial charge in [-0.15, -0.1) is 0 Å². The SMILES string of the molecule is CNCC(=O)NCC1(c2ccc(F)cc2)CCC1. The van der Waals surface area contributed by atoms with Crippen molar-refractivity contribution in [2.75, 3.05) is 20.1 Å². The number of nitrogens with one attached hydrogen (secondary N) is 2. The molecular weight excluding hydrogens is 231 g/mol. The minimum atomic E-state index is -0.215. The van der Waals surface area contributed by atoms with Crippen molar-refractivity contribution in [2.45, 2.75) is 24.7 Å². The Morgan fingerprint density at radius 1 is 1.33 bits per heavy atom. The van der Waals surface area contributed by atoms with Gasteiger partial charge in [-0.1, -0.05) is 18.6 Å². The number of amides is 1. The van der Waals surface area contributed by atoms with Crippen LogP contribution in [0.5, 0.6) is 0 Å². The van der Waals surface area contributed by atoms with Gasteiger partial charge in [0.1, 0.15) is 5.82 Å². The van der Waals surface area contributed by atoms with Gasteiger partial charge in [-0.2, -0.15) is 0 Å². The average molecular weight is 250 g/mol. The maximum absolute atomic E-state index is 12.9. The van der Waals surface area contributed by atoms with E-state index < -0.39 is 0 Å². The van der Waals surface area contributed by atoms with Crippen molar-refractivity contribution in [1.82, 2.24) is 10.6 Å². The van der Waals surface area contributed by atoms with Gasteiger partial charge in [0.05, 0.1) is 6.54 Å². The minimum Gasteiger partial charge on any atom is -0.354 e. The predicted octanol–water partition coefficient (Wildman–Crippen LogP) is 1.58. The van der Waals surface area contributed by atoms with E-state index in [-0.39, 0.29) is 17.1 Å². The molecule has 1 saturated carbocycles. The van der Waals surface area contributed by atoms with Crippen LogP contribution in [0.4, 0.5) is 4.39 Å². The molecule has 0 aromatic heterocycles. The van der Waals surface area contributed by atoms with E-state index >= 15 is 0 Å². The highest BCUT2D eigenvalue weighted by atomic mass is 19.1. The Kier molecular flexibility index (Phi) is 3.97. The van der Waals surface area contributed by atoms with Crippen LogP contribution in [0.3, 0.4) is 0 Å². The average Bonchev–Trinajstić information content (AvgIpc) is 2.30. The monoisotopic (exact) mass is 250 g/mol. The van der Waals surface area contributed by atoms with Crippen LogP contribution in [-0.4, -0.2) is 26.0 Å². The summed E-state index contributed by atoms with van der Waals surface area (Å²) in [7, 11) is 1.75. The fraction of sp³-hybridized carbons (Fsp3) is 0.500. The first-order chi connectivity index (χ1) is 8.66. The molecule has 0 bridgehead atoms. The summed E-state index contributed by atoms with van der Waals surface area (Å²) in [5.41, 5.74) is 1.14. The molecule has 1 aromatic carbocycles. The summed E-state index contributed by atoms with van der Waals surface area (Å²) in [4.78, 5) is 11.5. The van der Waals surface area contributed by atoms with E-state index in [0.29, 0.717) is 13.1 Å². The van der Waals surface area contributed by atoms with Gasteiger partial charge in [-0.25, -0.2) is 4.39 Å². The van der Waals surface area contributed by atoms with Gasteiger partial charge in [0.2, 0.25) is 5.91 Å². The second kappa shape index (κ2) is 5.48. The molecule has 0 saturated heterocycles. The van der Waals surface area contributed by atoms with Crippen molar-refractivity contribution in [3.05, 3.63) is 35.6 Å². The van der Waals surface area contributed by atoms with Crippen LogP contribution in [0.2, 0.25) is 0 Å². The Morgan fingerprint density at radius 3 is 2.50 bits per heavy atom. The Labute approximate surface area is 107 Å². The third kappa shape index (κ3) is 2.70. The van der Waals surface area contributed by atoms with E-state index in [1.807, 2.05) is 12.1 Å². The summed E-state index contributed by atoms with van der Waals surface area (Å²) in [6.07, 6.45) is 3.27. The molecule has 3 nitrogen and oxygen atoms in total. The summed E-state index contributed by atoms with van der Waals surface area (Å²) in [5.74, 6) is -0.210. The zero-order valence-corrected chi connectivity index (χ0v) is 10.6. The third-order valence-corrected chi connectivity index (χ3v) is 3.73. The van der Waals surface area contributed by atoms with Gasteiger partial charge in [0.15, 0.2) is 0 Å². The molecule has 98 valence electrons. The molecule has 2 N–H and O–H groups in total. The number of likely N-dealkylation sites (N-methyl/N-ethyl adjacent to an activating group) is 1. The van der Waals surface area contributed by atoms with Crippen LogP contribution >= 0.6 is 0 Å². The second-order valence-corrected chi connectivity index (χ2v) is 4.95. The molecule has 1 aromatic rings. The number of carbonyl (C=O) groups is 1. The smallest absolute Gasteiger partial charge is 0.233 e. The standard InChI is InChI=1S/C14H19FN2O/c1-16-9-13(18)17-10-14(7-2-8-14)11-3-5-12(15)6-4-11/h3-6,16H,2,7-10H2,1H3,(H,17,18). The highest BCUT2D eigenvalue weighted by Gasteiger charge is 2.38. The first-order valence-corrected chi connectivity index (χ1v) is 6.34. The first-order valence-electron chi connectivity index (χ1n) is 6.34. The highest BCUT2D eigenvalue weighted by Crippen LogP contribution is 2.43. The maximum Gasteiger partial charge on any atom is 0.233 e. The molecule has 1 amide bonds. The van der Waals surface area contributed by atoms with E-state index in [4.69, 9.17) is 0 Å². The molecule has 0 unspecified atom stereocenters. The van der Waals surface area contributed by atoms with Crippen molar-refractivity contribution >= 4 is 5.91 Å². The molecule has 0 atom stereocenters. The van der Waals surface area contributed by atoms with Crippen molar-refractivity contribution in [3.63, 3.8) is 0 Å². The highest BCUT2D eigenvalue weighted by molar-refractivity contribution is 5.78. The quantitative estimate of drug-likeness (QED) is 0.833. The molecule has 0 aliphatic heterocycles. The molecule has 0 spiro atoms. The summed E-state index contributed by atoms with van der Waals surface area (Å²) < 4.78 is 12.9. The predicted molar refractivity (Wildman–Crippen MR) is 68.9 cm³/mol. The van der Waals surface area contributed by atoms with E-state index in [1.165, 1.54) is 18.6 Å². The summed E-state index contributed by atoms with van der Waals surface area (Å²) in [6.45, 7) is 0.971. The van der Waals surface area contributed by atoms with Crippen LogP contribution < -0.4 is 10.6 Å². The Bertz CT molecular complexity index is 412. The van der Waals surface area contributed by atoms with Gasteiger partial charge in [0, 0.05) is 12.0 Å². The number of hydrogen-bond acceptors (Lipinski definition) is 2. The Balaban J connectivity index is 2.02. The Morgan fingerprint density at radius 2 is 2.00 bits per heavy atom. The second-order valence-electron chi connectivity index (χ2n) is 4.95. The minimum absolute atomic E-state index is 0.00545. The van der Waals surface area contributed by atoms with Gasteiger partial charge in [-0.05, 0) is 37.6 Å². The lowest BCUT2D eigenvalue weighted by atomic mass is 9.64. The topological polar surface area (TPSA) is 41.1 Å². The number of benzene rings is 1. The Hall–Kier alpha value is -1.42. The molecule has 1 aliphatic rings. The zero-order chi connectivity index (χ0) is 13.0. The first kappa shape index (κ1) is 13.0. The lowest BCUT2D eigenvalue weighted by molar-refractivity contribution is -0.120. The van der Waals surface area contributed by atoms with Gasteiger partial charge in [-0.3, -0.25) is 4.79 Å². The lowest BCUT2D eigenvalue weighted by Gasteiger charge is -2.42. The van der Waals surface area contributed by atoms with E-state index in [2.05, 4.69) is 10.6 Å². The molecule has 1 aliphatic carbocycles. The van der Waals surface area contributed by atoms with Crippen molar-refractivity contribution in [3.8, 4) is 0 Å². The lowest BCUT2D eigenvalue weighted by Crippen LogP contribution is -2.47. The van der Waals surface area contributed by atoms with E-state index in [0.717, 1.165) is 18.4 Å². The van der Waals surface area contributed by atoms with Gasteiger partial charge >= 0.3 is 0 Å². The van der Waals surface area contributed by atoms with E-state index in [9.17, 15) is 9.18 Å². The molecular formula is C14H19FN2O. The molecule has 1 fully saturated rings. The van der Waals surface area contributed by atoms with Crippen LogP contribution in [0.25, 0.3) is 0 Å². The molecule has 18 heavy (non-hydrogen) atoms. The van der Waals surface area contributed by atoms with Crippen LogP contribution in [0, 0.1) is 5.82 Å². The third-order valence-electron chi connectivity index (χ3n) is 3.73. The number of carbonyl (C=O) groups excluding carboxylic acids is 1. The molecule has 0 heterocycles. The zero-order valence-electron chi connectivity index (χ0n) is 10.6. The summed E-state index contributed by atoms with van der Waals surface area (Å²) >= 11 is 0. The van der Waals surface area contributed by atoms with Crippen molar-refractivity contribution in [1.29, 1.82) is 0 Å². The fourth-order valence-corrected chi connectivity index (χ4v) is 2.47.